The Balaban J connectivity index is 1.30. The van der Waals surface area contributed by atoms with Crippen LogP contribution in [0.4, 0.5) is 0 Å². The summed E-state index contributed by atoms with van der Waals surface area (Å²) in [5.74, 6) is 0.740. The lowest BCUT2D eigenvalue weighted by molar-refractivity contribution is -0.132. The van der Waals surface area contributed by atoms with E-state index < -0.39 is 0 Å². The van der Waals surface area contributed by atoms with Gasteiger partial charge in [0.25, 0.3) is 0 Å². The maximum absolute atomic E-state index is 11.2. The van der Waals surface area contributed by atoms with Crippen molar-refractivity contribution in [2.45, 2.75) is 38.8 Å². The van der Waals surface area contributed by atoms with Crippen molar-refractivity contribution in [1.82, 2.24) is 10.2 Å². The topological polar surface area (TPSA) is 50.8 Å². The second-order valence-electron chi connectivity index (χ2n) is 7.37. The Labute approximate surface area is 177 Å². The molecule has 2 aromatic rings. The fraction of sp³-hybridized carbons (Fsp3) is 0.435. The number of ether oxygens (including phenoxy) is 2. The minimum absolute atomic E-state index is 0.342. The number of hydrogen-bond donors (Lipinski definition) is 1. The number of halogens is 1. The number of piperidine rings is 1. The van der Waals surface area contributed by atoms with Gasteiger partial charge in [-0.3, -0.25) is 9.69 Å². The van der Waals surface area contributed by atoms with E-state index in [0.717, 1.165) is 50.5 Å². The molecule has 0 atom stereocenters. The standard InChI is InChI=1S/C23H29ClN2O3/c1-18(27)29-23-6-3-2-5-22(23)28-16-4-13-25-21-11-14-26(15-12-21)17-19-7-9-20(24)10-8-19/h2-3,5-10,21,25H,4,11-17H2,1H3. The lowest BCUT2D eigenvalue weighted by atomic mass is 10.0. The predicted molar refractivity (Wildman–Crippen MR) is 116 cm³/mol. The van der Waals surface area contributed by atoms with Crippen LogP contribution >= 0.6 is 11.6 Å². The highest BCUT2D eigenvalue weighted by Gasteiger charge is 2.18. The summed E-state index contributed by atoms with van der Waals surface area (Å²) in [6, 6.07) is 15.9. The van der Waals surface area contributed by atoms with E-state index >= 15 is 0 Å². The highest BCUT2D eigenvalue weighted by molar-refractivity contribution is 6.30. The molecule has 1 aliphatic rings. The van der Waals surface area contributed by atoms with Crippen LogP contribution < -0.4 is 14.8 Å². The molecule has 1 fully saturated rings. The quantitative estimate of drug-likeness (QED) is 0.375. The minimum Gasteiger partial charge on any atom is -0.490 e. The number of carbonyl (C=O) groups is 1. The Morgan fingerprint density at radius 1 is 1.10 bits per heavy atom. The van der Waals surface area contributed by atoms with Crippen molar-refractivity contribution >= 4 is 17.6 Å². The van der Waals surface area contributed by atoms with Crippen LogP contribution in [0.3, 0.4) is 0 Å². The first-order chi connectivity index (χ1) is 14.1. The monoisotopic (exact) mass is 416 g/mol. The first-order valence-corrected chi connectivity index (χ1v) is 10.6. The third-order valence-corrected chi connectivity index (χ3v) is 5.27. The first kappa shape index (κ1) is 21.6. The Bertz CT molecular complexity index is 774. The third kappa shape index (κ3) is 7.35. The van der Waals surface area contributed by atoms with Gasteiger partial charge < -0.3 is 14.8 Å². The van der Waals surface area contributed by atoms with Crippen molar-refractivity contribution < 1.29 is 14.3 Å². The van der Waals surface area contributed by atoms with Gasteiger partial charge in [-0.25, -0.2) is 0 Å². The van der Waals surface area contributed by atoms with Crippen LogP contribution in [0, 0.1) is 0 Å². The predicted octanol–water partition coefficient (Wildman–Crippen LogP) is 4.29. The molecule has 0 amide bonds. The van der Waals surface area contributed by atoms with E-state index in [1.165, 1.54) is 12.5 Å². The van der Waals surface area contributed by atoms with Crippen molar-refractivity contribution in [3.8, 4) is 11.5 Å². The van der Waals surface area contributed by atoms with Crippen LogP contribution in [0.25, 0.3) is 0 Å². The van der Waals surface area contributed by atoms with Gasteiger partial charge in [0.05, 0.1) is 6.61 Å². The van der Waals surface area contributed by atoms with Gasteiger partial charge in [0.15, 0.2) is 11.5 Å². The maximum atomic E-state index is 11.2. The molecule has 6 heteroatoms. The number of hydrogen-bond acceptors (Lipinski definition) is 5. The second-order valence-corrected chi connectivity index (χ2v) is 7.81. The Kier molecular flexibility index (Phi) is 8.35. The highest BCUT2D eigenvalue weighted by atomic mass is 35.5. The molecule has 1 aliphatic heterocycles. The lowest BCUT2D eigenvalue weighted by Gasteiger charge is -2.32. The van der Waals surface area contributed by atoms with E-state index in [4.69, 9.17) is 21.1 Å². The molecule has 156 valence electrons. The average molecular weight is 417 g/mol. The van der Waals surface area contributed by atoms with Gasteiger partial charge in [0.1, 0.15) is 0 Å². The van der Waals surface area contributed by atoms with Crippen molar-refractivity contribution in [3.63, 3.8) is 0 Å². The summed E-state index contributed by atoms with van der Waals surface area (Å²) in [6.07, 6.45) is 3.22. The van der Waals surface area contributed by atoms with Gasteiger partial charge in [-0.1, -0.05) is 35.9 Å². The summed E-state index contributed by atoms with van der Waals surface area (Å²) in [4.78, 5) is 13.7. The molecular formula is C23H29ClN2O3. The minimum atomic E-state index is -0.342. The number of likely N-dealkylation sites (tertiary alicyclic amines) is 1. The molecule has 0 aromatic heterocycles. The molecule has 0 unspecified atom stereocenters. The zero-order chi connectivity index (χ0) is 20.5. The average Bonchev–Trinajstić information content (AvgIpc) is 2.71. The summed E-state index contributed by atoms with van der Waals surface area (Å²) < 4.78 is 10.9. The van der Waals surface area contributed by atoms with Crippen LogP contribution in [-0.4, -0.2) is 43.2 Å². The number of nitrogens with zero attached hydrogens (tertiary/aromatic N) is 1. The highest BCUT2D eigenvalue weighted by Crippen LogP contribution is 2.26. The van der Waals surface area contributed by atoms with Gasteiger partial charge in [-0.15, -0.1) is 0 Å². The summed E-state index contributed by atoms with van der Waals surface area (Å²) >= 11 is 5.96. The fourth-order valence-electron chi connectivity index (χ4n) is 3.51. The van der Waals surface area contributed by atoms with Gasteiger partial charge in [-0.05, 0) is 68.7 Å². The molecule has 3 rings (SSSR count). The van der Waals surface area contributed by atoms with Crippen LogP contribution in [0.2, 0.25) is 5.02 Å². The molecule has 29 heavy (non-hydrogen) atoms. The van der Waals surface area contributed by atoms with Crippen molar-refractivity contribution in [1.29, 1.82) is 0 Å². The van der Waals surface area contributed by atoms with Gasteiger partial charge in [0.2, 0.25) is 0 Å². The SMILES string of the molecule is CC(=O)Oc1ccccc1OCCCNC1CCN(Cc2ccc(Cl)cc2)CC1. The number of para-hydroxylation sites is 2. The summed E-state index contributed by atoms with van der Waals surface area (Å²) in [5, 5.41) is 4.42. The molecular weight excluding hydrogens is 388 g/mol. The summed E-state index contributed by atoms with van der Waals surface area (Å²) in [6.45, 7) is 6.08. The second kappa shape index (κ2) is 11.2. The molecule has 0 aliphatic carbocycles. The van der Waals surface area contributed by atoms with E-state index in [9.17, 15) is 4.79 Å². The number of benzene rings is 2. The Morgan fingerprint density at radius 3 is 2.48 bits per heavy atom. The van der Waals surface area contributed by atoms with Crippen LogP contribution in [0.15, 0.2) is 48.5 Å². The first-order valence-electron chi connectivity index (χ1n) is 10.2. The van der Waals surface area contributed by atoms with Crippen molar-refractivity contribution in [2.75, 3.05) is 26.2 Å². The number of nitrogens with one attached hydrogen (secondary N) is 1. The smallest absolute Gasteiger partial charge is 0.308 e. The maximum Gasteiger partial charge on any atom is 0.308 e. The molecule has 0 spiro atoms. The van der Waals surface area contributed by atoms with E-state index in [0.29, 0.717) is 24.1 Å². The molecule has 1 saturated heterocycles. The van der Waals surface area contributed by atoms with Gasteiger partial charge in [-0.2, -0.15) is 0 Å². The van der Waals surface area contributed by atoms with E-state index in [1.807, 2.05) is 30.3 Å². The zero-order valence-corrected chi connectivity index (χ0v) is 17.7. The molecule has 1 N–H and O–H groups in total. The zero-order valence-electron chi connectivity index (χ0n) is 16.9. The number of esters is 1. The van der Waals surface area contributed by atoms with Crippen molar-refractivity contribution in [3.05, 3.63) is 59.1 Å². The van der Waals surface area contributed by atoms with Gasteiger partial charge >= 0.3 is 5.97 Å². The van der Waals surface area contributed by atoms with Crippen LogP contribution in [-0.2, 0) is 11.3 Å². The number of rotatable bonds is 9. The largest absolute Gasteiger partial charge is 0.490 e. The van der Waals surface area contributed by atoms with E-state index in [1.54, 1.807) is 6.07 Å². The molecule has 0 bridgehead atoms. The molecule has 0 saturated carbocycles. The summed E-state index contributed by atoms with van der Waals surface area (Å²) in [5.41, 5.74) is 1.31. The Hall–Kier alpha value is -2.08. The molecule has 5 nitrogen and oxygen atoms in total. The van der Waals surface area contributed by atoms with Crippen LogP contribution in [0.5, 0.6) is 11.5 Å². The number of carbonyl (C=O) groups excluding carboxylic acids is 1. The molecule has 1 heterocycles. The Morgan fingerprint density at radius 2 is 1.79 bits per heavy atom. The normalized spacial score (nSPS) is 15.2. The van der Waals surface area contributed by atoms with Gasteiger partial charge in [0, 0.05) is 24.5 Å². The van der Waals surface area contributed by atoms with Crippen LogP contribution in [0.1, 0.15) is 31.7 Å². The van der Waals surface area contributed by atoms with E-state index in [2.05, 4.69) is 22.3 Å². The fourth-order valence-corrected chi connectivity index (χ4v) is 3.64. The molecule has 0 radical (unpaired) electrons. The van der Waals surface area contributed by atoms with Crippen molar-refractivity contribution in [2.24, 2.45) is 0 Å². The third-order valence-electron chi connectivity index (χ3n) is 5.02. The lowest BCUT2D eigenvalue weighted by Crippen LogP contribution is -2.42. The molecule has 2 aromatic carbocycles. The van der Waals surface area contributed by atoms with E-state index in [-0.39, 0.29) is 5.97 Å². The summed E-state index contributed by atoms with van der Waals surface area (Å²) in [7, 11) is 0.